The Balaban J connectivity index is 3.77. The molecule has 94 valence electrons. The summed E-state index contributed by atoms with van der Waals surface area (Å²) in [6, 6.07) is 0. The van der Waals surface area contributed by atoms with E-state index in [1.165, 1.54) is 0 Å². The Morgan fingerprint density at radius 2 is 1.24 bits per heavy atom. The molecule has 2 N–H and O–H groups in total. The van der Waals surface area contributed by atoms with Crippen molar-refractivity contribution in [3.63, 3.8) is 0 Å². The van der Waals surface area contributed by atoms with Crippen LogP contribution in [0.2, 0.25) is 0 Å². The van der Waals surface area contributed by atoms with Gasteiger partial charge in [-0.15, -0.1) is 0 Å². The van der Waals surface area contributed by atoms with E-state index in [9.17, 15) is 35.5 Å². The third-order valence-corrected chi connectivity index (χ3v) is 1.79. The van der Waals surface area contributed by atoms with E-state index in [1.54, 1.807) is 0 Å². The van der Waals surface area contributed by atoms with Crippen LogP contribution >= 0.6 is 0 Å². The Bertz CT molecular complexity index is 465. The average molecular weight is 261 g/mol. The van der Waals surface area contributed by atoms with Crippen molar-refractivity contribution in [3.8, 4) is 0 Å². The lowest BCUT2D eigenvalue weighted by atomic mass is 10.1. The van der Waals surface area contributed by atoms with Gasteiger partial charge in [0.1, 0.15) is 11.1 Å². The standard InChI is InChI=1S/C8H2F7NO/c9-3-1(7(16)17)4(10)6(12)2(5(3)11)8(13,14)15/h(H2,16,17). The maximum absolute atomic E-state index is 12.9. The van der Waals surface area contributed by atoms with Crippen molar-refractivity contribution in [2.24, 2.45) is 5.73 Å². The first kappa shape index (κ1) is 13.3. The van der Waals surface area contributed by atoms with E-state index < -0.39 is 46.5 Å². The molecule has 0 saturated carbocycles. The summed E-state index contributed by atoms with van der Waals surface area (Å²) in [7, 11) is 0. The second-order valence-corrected chi connectivity index (χ2v) is 2.87. The molecule has 0 bridgehead atoms. The van der Waals surface area contributed by atoms with E-state index >= 15 is 0 Å². The minimum Gasteiger partial charge on any atom is -0.365 e. The lowest BCUT2D eigenvalue weighted by molar-refractivity contribution is -0.143. The Labute approximate surface area is 88.8 Å². The summed E-state index contributed by atoms with van der Waals surface area (Å²) in [5.41, 5.74) is -0.269. The average Bonchev–Trinajstić information content (AvgIpc) is 2.12. The molecule has 1 rings (SSSR count). The number of halogens is 7. The molecule has 1 aromatic carbocycles. The van der Waals surface area contributed by atoms with Crippen LogP contribution in [0.25, 0.3) is 0 Å². The van der Waals surface area contributed by atoms with Gasteiger partial charge < -0.3 is 5.73 Å². The molecular formula is C8H2F7NO. The number of benzene rings is 1. The fraction of sp³-hybridized carbons (Fsp3) is 0.125. The number of carbonyl (C=O) groups excluding carboxylic acids is 1. The molecule has 0 unspecified atom stereocenters. The summed E-state index contributed by atoms with van der Waals surface area (Å²) in [4.78, 5) is 10.4. The molecule has 1 aromatic rings. The third kappa shape index (κ3) is 2.04. The molecule has 0 radical (unpaired) electrons. The third-order valence-electron chi connectivity index (χ3n) is 1.79. The quantitative estimate of drug-likeness (QED) is 0.612. The molecule has 0 atom stereocenters. The normalized spacial score (nSPS) is 11.7. The Hall–Kier alpha value is -1.80. The molecule has 0 aliphatic rings. The van der Waals surface area contributed by atoms with Crippen LogP contribution in [0.1, 0.15) is 15.9 Å². The van der Waals surface area contributed by atoms with Gasteiger partial charge in [-0.05, 0) is 0 Å². The molecule has 0 aromatic heterocycles. The lowest BCUT2D eigenvalue weighted by Gasteiger charge is -2.12. The van der Waals surface area contributed by atoms with Crippen molar-refractivity contribution in [2.45, 2.75) is 6.18 Å². The SMILES string of the molecule is NC(=O)c1c(F)c(F)c(C(F)(F)F)c(F)c1F. The minimum absolute atomic E-state index is 1.90. The Kier molecular flexibility index (Phi) is 3.04. The molecular weight excluding hydrogens is 259 g/mol. The highest BCUT2D eigenvalue weighted by molar-refractivity contribution is 5.93. The zero-order valence-corrected chi connectivity index (χ0v) is 7.63. The van der Waals surface area contributed by atoms with Gasteiger partial charge in [0.25, 0.3) is 5.91 Å². The fourth-order valence-corrected chi connectivity index (χ4v) is 1.10. The number of primary amides is 1. The summed E-state index contributed by atoms with van der Waals surface area (Å²) in [5.74, 6) is -12.3. The number of carbonyl (C=O) groups is 1. The number of hydrogen-bond donors (Lipinski definition) is 1. The van der Waals surface area contributed by atoms with Gasteiger partial charge in [0.2, 0.25) is 0 Å². The summed E-state index contributed by atoms with van der Waals surface area (Å²) >= 11 is 0. The predicted molar refractivity (Wildman–Crippen MR) is 39.8 cm³/mol. The van der Waals surface area contributed by atoms with Gasteiger partial charge in [-0.1, -0.05) is 0 Å². The highest BCUT2D eigenvalue weighted by Crippen LogP contribution is 2.36. The molecule has 0 spiro atoms. The predicted octanol–water partition coefficient (Wildman–Crippen LogP) is 2.36. The molecule has 1 amide bonds. The molecule has 0 saturated heterocycles. The van der Waals surface area contributed by atoms with Crippen LogP contribution in [0.15, 0.2) is 0 Å². The highest BCUT2D eigenvalue weighted by Gasteiger charge is 2.42. The first-order valence-corrected chi connectivity index (χ1v) is 3.82. The van der Waals surface area contributed by atoms with E-state index in [1.807, 2.05) is 0 Å². The smallest absolute Gasteiger partial charge is 0.365 e. The van der Waals surface area contributed by atoms with Gasteiger partial charge >= 0.3 is 6.18 Å². The summed E-state index contributed by atoms with van der Waals surface area (Å²) in [6.07, 6.45) is -5.65. The second kappa shape index (κ2) is 3.90. The van der Waals surface area contributed by atoms with Crippen LogP contribution in [0.5, 0.6) is 0 Å². The van der Waals surface area contributed by atoms with E-state index in [-0.39, 0.29) is 0 Å². The zero-order valence-electron chi connectivity index (χ0n) is 7.63. The van der Waals surface area contributed by atoms with Gasteiger partial charge in [0, 0.05) is 0 Å². The summed E-state index contributed by atoms with van der Waals surface area (Å²) in [6.45, 7) is 0. The maximum atomic E-state index is 12.9. The Morgan fingerprint density at radius 3 is 1.47 bits per heavy atom. The minimum atomic E-state index is -5.65. The van der Waals surface area contributed by atoms with E-state index in [4.69, 9.17) is 0 Å². The largest absolute Gasteiger partial charge is 0.422 e. The molecule has 0 heterocycles. The molecule has 0 fully saturated rings. The van der Waals surface area contributed by atoms with Gasteiger partial charge in [0.15, 0.2) is 23.3 Å². The van der Waals surface area contributed by atoms with Gasteiger partial charge in [-0.25, -0.2) is 17.6 Å². The van der Waals surface area contributed by atoms with E-state index in [0.29, 0.717) is 0 Å². The number of alkyl halides is 3. The van der Waals surface area contributed by atoms with Crippen molar-refractivity contribution in [1.29, 1.82) is 0 Å². The number of nitrogens with two attached hydrogens (primary N) is 1. The van der Waals surface area contributed by atoms with Crippen molar-refractivity contribution < 1.29 is 35.5 Å². The number of amides is 1. The van der Waals surface area contributed by atoms with E-state index in [2.05, 4.69) is 5.73 Å². The number of rotatable bonds is 1. The maximum Gasteiger partial charge on any atom is 0.422 e. The van der Waals surface area contributed by atoms with Gasteiger partial charge in [0.05, 0.1) is 0 Å². The van der Waals surface area contributed by atoms with Crippen LogP contribution in [0.4, 0.5) is 30.7 Å². The fourth-order valence-electron chi connectivity index (χ4n) is 1.10. The van der Waals surface area contributed by atoms with Crippen molar-refractivity contribution in [2.75, 3.05) is 0 Å². The summed E-state index contributed by atoms with van der Waals surface area (Å²) in [5, 5.41) is 0. The van der Waals surface area contributed by atoms with E-state index in [0.717, 1.165) is 0 Å². The van der Waals surface area contributed by atoms with Crippen molar-refractivity contribution in [3.05, 3.63) is 34.4 Å². The van der Waals surface area contributed by atoms with Gasteiger partial charge in [-0.3, -0.25) is 4.79 Å². The summed E-state index contributed by atoms with van der Waals surface area (Å²) < 4.78 is 87.7. The number of hydrogen-bond acceptors (Lipinski definition) is 1. The van der Waals surface area contributed by atoms with Crippen LogP contribution in [-0.4, -0.2) is 5.91 Å². The lowest BCUT2D eigenvalue weighted by Crippen LogP contribution is -2.22. The van der Waals surface area contributed by atoms with Crippen molar-refractivity contribution in [1.82, 2.24) is 0 Å². The van der Waals surface area contributed by atoms with Crippen LogP contribution in [0.3, 0.4) is 0 Å². The van der Waals surface area contributed by atoms with Gasteiger partial charge in [-0.2, -0.15) is 13.2 Å². The monoisotopic (exact) mass is 261 g/mol. The molecule has 9 heteroatoms. The van der Waals surface area contributed by atoms with Crippen LogP contribution in [-0.2, 0) is 6.18 Å². The van der Waals surface area contributed by atoms with Crippen LogP contribution in [0, 0.1) is 23.3 Å². The first-order valence-electron chi connectivity index (χ1n) is 3.82. The van der Waals surface area contributed by atoms with Crippen molar-refractivity contribution >= 4 is 5.91 Å². The molecule has 2 nitrogen and oxygen atoms in total. The zero-order chi connectivity index (χ0) is 13.5. The topological polar surface area (TPSA) is 43.1 Å². The van der Waals surface area contributed by atoms with Crippen LogP contribution < -0.4 is 5.73 Å². The molecule has 17 heavy (non-hydrogen) atoms. The second-order valence-electron chi connectivity index (χ2n) is 2.87. The Morgan fingerprint density at radius 1 is 0.882 bits per heavy atom. The first-order chi connectivity index (χ1) is 7.59. The highest BCUT2D eigenvalue weighted by atomic mass is 19.4. The molecule has 0 aliphatic heterocycles. The molecule has 0 aliphatic carbocycles.